The summed E-state index contributed by atoms with van der Waals surface area (Å²) >= 11 is 0. The van der Waals surface area contributed by atoms with Gasteiger partial charge in [0, 0.05) is 18.0 Å². The molecule has 0 aliphatic heterocycles. The Balaban J connectivity index is 1.44. The molecule has 0 spiro atoms. The molecule has 2 heterocycles. The van der Waals surface area contributed by atoms with Crippen LogP contribution in [0.4, 0.5) is 11.5 Å². The van der Waals surface area contributed by atoms with Crippen molar-refractivity contribution in [3.8, 4) is 0 Å². The molecule has 2 aromatic heterocycles. The maximum atomic E-state index is 12.5. The quantitative estimate of drug-likeness (QED) is 0.436. The molecular formula is C23H17N3O5S. The molecule has 4 rings (SSSR count). The Bertz CT molecular complexity index is 1460. The average Bonchev–Trinajstić information content (AvgIpc) is 2.79. The number of fused-ring (bicyclic) bond motifs is 1. The summed E-state index contributed by atoms with van der Waals surface area (Å²) in [4.78, 5) is 28.6. The van der Waals surface area contributed by atoms with Crippen LogP contribution >= 0.6 is 0 Å². The summed E-state index contributed by atoms with van der Waals surface area (Å²) in [5.74, 6) is -0.284. The lowest BCUT2D eigenvalue weighted by molar-refractivity contribution is -0.111. The van der Waals surface area contributed by atoms with Gasteiger partial charge in [0.15, 0.2) is 5.43 Å². The molecule has 1 amide bonds. The highest BCUT2D eigenvalue weighted by Crippen LogP contribution is 2.17. The molecule has 0 aliphatic carbocycles. The summed E-state index contributed by atoms with van der Waals surface area (Å²) < 4.78 is 32.6. The third-order valence-corrected chi connectivity index (χ3v) is 5.83. The molecule has 4 aromatic rings. The Hall–Kier alpha value is -4.24. The number of rotatable bonds is 6. The van der Waals surface area contributed by atoms with E-state index < -0.39 is 15.9 Å². The summed E-state index contributed by atoms with van der Waals surface area (Å²) in [5, 5.41) is 3.03. The Morgan fingerprint density at radius 1 is 0.969 bits per heavy atom. The predicted octanol–water partition coefficient (Wildman–Crippen LogP) is 3.64. The maximum Gasteiger partial charge on any atom is 0.263 e. The van der Waals surface area contributed by atoms with E-state index >= 15 is 0 Å². The highest BCUT2D eigenvalue weighted by Gasteiger charge is 2.14. The SMILES string of the molecule is O=C(/C=C/c1coc2ccccc2c1=O)Nc1ccc(S(=O)(=O)Nc2ccccn2)cc1. The number of anilines is 2. The zero-order valence-corrected chi connectivity index (χ0v) is 17.4. The minimum Gasteiger partial charge on any atom is -0.463 e. The van der Waals surface area contributed by atoms with E-state index in [1.54, 1.807) is 36.4 Å². The van der Waals surface area contributed by atoms with Crippen LogP contribution in [0.15, 0.2) is 99.4 Å². The van der Waals surface area contributed by atoms with Crippen LogP contribution in [0.1, 0.15) is 5.56 Å². The second-order valence-electron chi connectivity index (χ2n) is 6.68. The lowest BCUT2D eigenvalue weighted by Crippen LogP contribution is -2.14. The molecular weight excluding hydrogens is 430 g/mol. The average molecular weight is 447 g/mol. The van der Waals surface area contributed by atoms with Crippen molar-refractivity contribution in [2.75, 3.05) is 10.0 Å². The number of amides is 1. The van der Waals surface area contributed by atoms with Gasteiger partial charge in [-0.15, -0.1) is 0 Å². The molecule has 0 bridgehead atoms. The van der Waals surface area contributed by atoms with E-state index in [0.29, 0.717) is 16.7 Å². The Morgan fingerprint density at radius 2 is 1.72 bits per heavy atom. The first-order valence-corrected chi connectivity index (χ1v) is 10.9. The van der Waals surface area contributed by atoms with E-state index in [1.807, 2.05) is 0 Å². The third kappa shape index (κ3) is 4.73. The van der Waals surface area contributed by atoms with Crippen LogP contribution in [0.3, 0.4) is 0 Å². The van der Waals surface area contributed by atoms with Gasteiger partial charge in [0.05, 0.1) is 15.8 Å². The number of aromatic nitrogens is 1. The van der Waals surface area contributed by atoms with Crippen LogP contribution < -0.4 is 15.5 Å². The highest BCUT2D eigenvalue weighted by molar-refractivity contribution is 7.92. The second kappa shape index (κ2) is 8.86. The van der Waals surface area contributed by atoms with Crippen molar-refractivity contribution >= 4 is 44.5 Å². The van der Waals surface area contributed by atoms with Gasteiger partial charge >= 0.3 is 0 Å². The molecule has 0 atom stereocenters. The van der Waals surface area contributed by atoms with Crippen molar-refractivity contribution in [2.45, 2.75) is 4.90 Å². The van der Waals surface area contributed by atoms with Crippen LogP contribution in [0.2, 0.25) is 0 Å². The van der Waals surface area contributed by atoms with Gasteiger partial charge < -0.3 is 9.73 Å². The monoisotopic (exact) mass is 447 g/mol. The van der Waals surface area contributed by atoms with Crippen LogP contribution in [-0.4, -0.2) is 19.3 Å². The molecule has 0 aliphatic rings. The summed E-state index contributed by atoms with van der Waals surface area (Å²) in [6, 6.07) is 17.4. The number of nitrogens with zero attached hydrogens (tertiary/aromatic N) is 1. The molecule has 0 radical (unpaired) electrons. The number of pyridine rings is 1. The molecule has 160 valence electrons. The van der Waals surface area contributed by atoms with Gasteiger partial charge in [-0.1, -0.05) is 18.2 Å². The van der Waals surface area contributed by atoms with Crippen molar-refractivity contribution < 1.29 is 17.6 Å². The Morgan fingerprint density at radius 3 is 2.47 bits per heavy atom. The lowest BCUT2D eigenvalue weighted by Gasteiger charge is -2.08. The molecule has 32 heavy (non-hydrogen) atoms. The van der Waals surface area contributed by atoms with E-state index in [2.05, 4.69) is 15.0 Å². The van der Waals surface area contributed by atoms with Gasteiger partial charge in [0.25, 0.3) is 10.0 Å². The number of nitrogens with one attached hydrogen (secondary N) is 2. The van der Waals surface area contributed by atoms with Gasteiger partial charge in [0.2, 0.25) is 5.91 Å². The standard InChI is InChI=1S/C23H17N3O5S/c27-22(13-8-16-15-31-20-6-2-1-5-19(20)23(16)28)25-17-9-11-18(12-10-17)32(29,30)26-21-7-3-4-14-24-21/h1-15H,(H,24,26)(H,25,27)/b13-8+. The summed E-state index contributed by atoms with van der Waals surface area (Å²) in [6.45, 7) is 0. The largest absolute Gasteiger partial charge is 0.463 e. The van der Waals surface area contributed by atoms with Crippen molar-refractivity contribution in [1.29, 1.82) is 0 Å². The van der Waals surface area contributed by atoms with E-state index in [-0.39, 0.29) is 21.7 Å². The zero-order valence-electron chi connectivity index (χ0n) is 16.6. The number of para-hydroxylation sites is 1. The lowest BCUT2D eigenvalue weighted by atomic mass is 10.1. The van der Waals surface area contributed by atoms with Gasteiger partial charge in [-0.25, -0.2) is 13.4 Å². The van der Waals surface area contributed by atoms with Crippen LogP contribution in [0, 0.1) is 0 Å². The zero-order chi connectivity index (χ0) is 22.6. The van der Waals surface area contributed by atoms with Gasteiger partial charge in [-0.2, -0.15) is 0 Å². The Kier molecular flexibility index (Phi) is 5.82. The second-order valence-corrected chi connectivity index (χ2v) is 8.37. The van der Waals surface area contributed by atoms with Gasteiger partial charge in [0.1, 0.15) is 17.7 Å². The normalized spacial score (nSPS) is 11.5. The van der Waals surface area contributed by atoms with E-state index in [1.165, 1.54) is 54.9 Å². The minimum atomic E-state index is -3.81. The molecule has 0 unspecified atom stereocenters. The molecule has 8 nitrogen and oxygen atoms in total. The van der Waals surface area contributed by atoms with Gasteiger partial charge in [-0.05, 0) is 54.6 Å². The molecule has 0 fully saturated rings. The Labute approximate surface area is 183 Å². The number of carbonyl (C=O) groups excluding carboxylic acids is 1. The predicted molar refractivity (Wildman–Crippen MR) is 122 cm³/mol. The molecule has 0 saturated carbocycles. The third-order valence-electron chi connectivity index (χ3n) is 4.46. The summed E-state index contributed by atoms with van der Waals surface area (Å²) in [5.41, 5.74) is 0.848. The van der Waals surface area contributed by atoms with Crippen LogP contribution in [-0.2, 0) is 14.8 Å². The number of hydrogen-bond acceptors (Lipinski definition) is 6. The van der Waals surface area contributed by atoms with Crippen LogP contribution in [0.25, 0.3) is 17.0 Å². The fourth-order valence-corrected chi connectivity index (χ4v) is 3.90. The van der Waals surface area contributed by atoms with Crippen molar-refractivity contribution in [2.24, 2.45) is 0 Å². The molecule has 2 aromatic carbocycles. The fourth-order valence-electron chi connectivity index (χ4n) is 2.89. The number of hydrogen-bond donors (Lipinski definition) is 2. The van der Waals surface area contributed by atoms with Crippen LogP contribution in [0.5, 0.6) is 0 Å². The van der Waals surface area contributed by atoms with Gasteiger partial charge in [-0.3, -0.25) is 14.3 Å². The first-order valence-electron chi connectivity index (χ1n) is 9.46. The first-order chi connectivity index (χ1) is 15.4. The number of carbonyl (C=O) groups is 1. The van der Waals surface area contributed by atoms with E-state index in [4.69, 9.17) is 4.42 Å². The van der Waals surface area contributed by atoms with Crippen molar-refractivity contribution in [3.05, 3.63) is 101 Å². The smallest absolute Gasteiger partial charge is 0.263 e. The summed E-state index contributed by atoms with van der Waals surface area (Å²) in [7, 11) is -3.81. The summed E-state index contributed by atoms with van der Waals surface area (Å²) in [6.07, 6.45) is 5.34. The van der Waals surface area contributed by atoms with Crippen molar-refractivity contribution in [1.82, 2.24) is 4.98 Å². The molecule has 9 heteroatoms. The fraction of sp³-hybridized carbons (Fsp3) is 0. The maximum absolute atomic E-state index is 12.5. The number of benzene rings is 2. The molecule has 2 N–H and O–H groups in total. The van der Waals surface area contributed by atoms with Crippen molar-refractivity contribution in [3.63, 3.8) is 0 Å². The van der Waals surface area contributed by atoms with E-state index in [0.717, 1.165) is 0 Å². The topological polar surface area (TPSA) is 118 Å². The molecule has 0 saturated heterocycles. The first kappa shape index (κ1) is 21.0. The van der Waals surface area contributed by atoms with E-state index in [9.17, 15) is 18.0 Å². The highest BCUT2D eigenvalue weighted by atomic mass is 32.2. The number of sulfonamides is 1. The minimum absolute atomic E-state index is 0.0190.